The summed E-state index contributed by atoms with van der Waals surface area (Å²) in [5.41, 5.74) is 2.97. The maximum absolute atomic E-state index is 10.7. The van der Waals surface area contributed by atoms with Gasteiger partial charge in [0.25, 0.3) is 0 Å². The van der Waals surface area contributed by atoms with Crippen LogP contribution in [-0.4, -0.2) is 14.8 Å². The van der Waals surface area contributed by atoms with E-state index in [0.717, 1.165) is 5.56 Å². The van der Waals surface area contributed by atoms with Gasteiger partial charge in [-0.25, -0.2) is 0 Å². The fourth-order valence-electron chi connectivity index (χ4n) is 1.80. The predicted octanol–water partition coefficient (Wildman–Crippen LogP) is 2.21. The second-order valence-corrected chi connectivity index (χ2v) is 3.91. The quantitative estimate of drug-likeness (QED) is 0.771. The Balaban J connectivity index is 2.41. The number of nitrogens with zero attached hydrogens (tertiary/aromatic N) is 5. The van der Waals surface area contributed by atoms with Gasteiger partial charge in [-0.05, 0) is 30.7 Å². The molecule has 0 atom stereocenters. The van der Waals surface area contributed by atoms with Crippen LogP contribution in [0.2, 0.25) is 0 Å². The fourth-order valence-corrected chi connectivity index (χ4v) is 1.80. The van der Waals surface area contributed by atoms with E-state index >= 15 is 0 Å². The van der Waals surface area contributed by atoms with Crippen molar-refractivity contribution < 1.29 is 0 Å². The van der Waals surface area contributed by atoms with Crippen molar-refractivity contribution in [2.24, 2.45) is 5.18 Å². The molecule has 0 aliphatic carbocycles. The number of aryl methyl sites for hydroxylation is 1. The summed E-state index contributed by atoms with van der Waals surface area (Å²) in [5.74, 6) is 0. The Morgan fingerprint density at radius 3 is 2.89 bits per heavy atom. The van der Waals surface area contributed by atoms with Crippen molar-refractivity contribution in [2.75, 3.05) is 0 Å². The standard InChI is InChI=1S/C12H11N5O/c1-8-12(16-18)9(2)17(15-8)7-10-3-4-14-6-11(10)5-13/h3-4,6H,7H2,1-2H3. The van der Waals surface area contributed by atoms with Gasteiger partial charge in [0.1, 0.15) is 6.07 Å². The lowest BCUT2D eigenvalue weighted by Gasteiger charge is -2.05. The molecular weight excluding hydrogens is 230 g/mol. The molecular formula is C12H11N5O. The summed E-state index contributed by atoms with van der Waals surface area (Å²) < 4.78 is 1.67. The lowest BCUT2D eigenvalue weighted by atomic mass is 10.1. The first-order chi connectivity index (χ1) is 8.67. The van der Waals surface area contributed by atoms with Crippen LogP contribution in [0.5, 0.6) is 0 Å². The number of nitriles is 1. The highest BCUT2D eigenvalue weighted by atomic mass is 16.3. The highest BCUT2D eigenvalue weighted by molar-refractivity contribution is 5.46. The minimum atomic E-state index is 0.363. The smallest absolute Gasteiger partial charge is 0.151 e. The van der Waals surface area contributed by atoms with Crippen molar-refractivity contribution in [1.29, 1.82) is 5.26 Å². The van der Waals surface area contributed by atoms with Gasteiger partial charge in [-0.1, -0.05) is 0 Å². The average Bonchev–Trinajstić information content (AvgIpc) is 2.65. The van der Waals surface area contributed by atoms with E-state index in [1.807, 2.05) is 0 Å². The van der Waals surface area contributed by atoms with Gasteiger partial charge in [-0.2, -0.15) is 10.4 Å². The van der Waals surface area contributed by atoms with Crippen LogP contribution in [-0.2, 0) is 6.54 Å². The van der Waals surface area contributed by atoms with Gasteiger partial charge in [-0.3, -0.25) is 9.67 Å². The number of hydrogen-bond acceptors (Lipinski definition) is 5. The van der Waals surface area contributed by atoms with E-state index in [1.165, 1.54) is 6.20 Å². The van der Waals surface area contributed by atoms with Gasteiger partial charge in [0, 0.05) is 12.4 Å². The lowest BCUT2D eigenvalue weighted by Crippen LogP contribution is -2.05. The third-order valence-electron chi connectivity index (χ3n) is 2.79. The van der Waals surface area contributed by atoms with Crippen molar-refractivity contribution in [2.45, 2.75) is 20.4 Å². The van der Waals surface area contributed by atoms with Crippen LogP contribution in [0.1, 0.15) is 22.5 Å². The van der Waals surface area contributed by atoms with Gasteiger partial charge in [0.2, 0.25) is 0 Å². The van der Waals surface area contributed by atoms with Crippen LogP contribution in [0.3, 0.4) is 0 Å². The van der Waals surface area contributed by atoms with Gasteiger partial charge in [-0.15, -0.1) is 4.91 Å². The van der Waals surface area contributed by atoms with Crippen molar-refractivity contribution in [1.82, 2.24) is 14.8 Å². The van der Waals surface area contributed by atoms with E-state index in [2.05, 4.69) is 21.3 Å². The Labute approximate surface area is 104 Å². The van der Waals surface area contributed by atoms with Gasteiger partial charge >= 0.3 is 0 Å². The first-order valence-electron chi connectivity index (χ1n) is 5.37. The summed E-state index contributed by atoms with van der Waals surface area (Å²) in [6.45, 7) is 3.94. The Morgan fingerprint density at radius 1 is 1.50 bits per heavy atom. The number of aromatic nitrogens is 3. The second-order valence-electron chi connectivity index (χ2n) is 3.91. The molecule has 0 saturated carbocycles. The Bertz CT molecular complexity index is 638. The van der Waals surface area contributed by atoms with E-state index in [-0.39, 0.29) is 0 Å². The summed E-state index contributed by atoms with van der Waals surface area (Å²) in [5, 5.41) is 16.2. The zero-order valence-corrected chi connectivity index (χ0v) is 10.1. The van der Waals surface area contributed by atoms with E-state index in [4.69, 9.17) is 5.26 Å². The molecule has 0 unspecified atom stereocenters. The number of nitroso groups, excluding NO2 is 1. The van der Waals surface area contributed by atoms with Crippen LogP contribution in [0.25, 0.3) is 0 Å². The molecule has 6 heteroatoms. The molecule has 0 aliphatic rings. The molecule has 0 aromatic carbocycles. The minimum absolute atomic E-state index is 0.363. The highest BCUT2D eigenvalue weighted by Crippen LogP contribution is 2.23. The molecule has 2 aromatic rings. The van der Waals surface area contributed by atoms with Gasteiger partial charge in [0.05, 0.1) is 23.5 Å². The van der Waals surface area contributed by atoms with Crippen molar-refractivity contribution >= 4 is 5.69 Å². The molecule has 90 valence electrons. The van der Waals surface area contributed by atoms with Crippen LogP contribution >= 0.6 is 0 Å². The monoisotopic (exact) mass is 241 g/mol. The first kappa shape index (κ1) is 11.9. The number of rotatable bonds is 3. The van der Waals surface area contributed by atoms with Gasteiger partial charge < -0.3 is 0 Å². The molecule has 0 fully saturated rings. The molecule has 0 radical (unpaired) electrons. The Hall–Kier alpha value is -2.55. The van der Waals surface area contributed by atoms with Crippen molar-refractivity contribution in [3.63, 3.8) is 0 Å². The van der Waals surface area contributed by atoms with E-state index < -0.39 is 0 Å². The normalized spacial score (nSPS) is 10.1. The third-order valence-corrected chi connectivity index (χ3v) is 2.79. The second kappa shape index (κ2) is 4.75. The summed E-state index contributed by atoms with van der Waals surface area (Å²) in [7, 11) is 0. The molecule has 0 bridgehead atoms. The summed E-state index contributed by atoms with van der Waals surface area (Å²) >= 11 is 0. The van der Waals surface area contributed by atoms with Crippen LogP contribution in [0, 0.1) is 30.1 Å². The molecule has 18 heavy (non-hydrogen) atoms. The molecule has 0 aliphatic heterocycles. The highest BCUT2D eigenvalue weighted by Gasteiger charge is 2.13. The van der Waals surface area contributed by atoms with E-state index in [1.54, 1.807) is 30.8 Å². The van der Waals surface area contributed by atoms with E-state index in [9.17, 15) is 4.91 Å². The SMILES string of the molecule is Cc1nn(Cc2ccncc2C#N)c(C)c1N=O. The third kappa shape index (κ3) is 1.98. The van der Waals surface area contributed by atoms with Crippen LogP contribution < -0.4 is 0 Å². The van der Waals surface area contributed by atoms with Crippen LogP contribution in [0.4, 0.5) is 5.69 Å². The average molecular weight is 241 g/mol. The molecule has 0 N–H and O–H groups in total. The molecule has 0 spiro atoms. The van der Waals surface area contributed by atoms with Crippen molar-refractivity contribution in [3.05, 3.63) is 45.9 Å². The van der Waals surface area contributed by atoms with E-state index in [0.29, 0.717) is 29.2 Å². The topological polar surface area (TPSA) is 83.9 Å². The first-order valence-corrected chi connectivity index (χ1v) is 5.37. The van der Waals surface area contributed by atoms with Gasteiger partial charge in [0.15, 0.2) is 5.69 Å². The fraction of sp³-hybridized carbons (Fsp3) is 0.250. The lowest BCUT2D eigenvalue weighted by molar-refractivity contribution is 0.657. The zero-order valence-electron chi connectivity index (χ0n) is 10.1. The summed E-state index contributed by atoms with van der Waals surface area (Å²) in [6.07, 6.45) is 3.14. The Morgan fingerprint density at radius 2 is 2.28 bits per heavy atom. The van der Waals surface area contributed by atoms with Crippen LogP contribution in [0.15, 0.2) is 23.6 Å². The minimum Gasteiger partial charge on any atom is -0.263 e. The largest absolute Gasteiger partial charge is 0.263 e. The predicted molar refractivity (Wildman–Crippen MR) is 65.2 cm³/mol. The molecule has 0 amide bonds. The molecule has 2 heterocycles. The number of hydrogen-bond donors (Lipinski definition) is 0. The molecule has 2 rings (SSSR count). The Kier molecular flexibility index (Phi) is 3.15. The maximum atomic E-state index is 10.7. The zero-order chi connectivity index (χ0) is 13.1. The van der Waals surface area contributed by atoms with Crippen molar-refractivity contribution in [3.8, 4) is 6.07 Å². The molecule has 6 nitrogen and oxygen atoms in total. The summed E-state index contributed by atoms with van der Waals surface area (Å²) in [4.78, 5) is 14.6. The maximum Gasteiger partial charge on any atom is 0.151 e. The molecule has 2 aromatic heterocycles. The molecule has 0 saturated heterocycles. The number of pyridine rings is 1. The summed E-state index contributed by atoms with van der Waals surface area (Å²) in [6, 6.07) is 3.85.